The number of hydrogen-bond donors (Lipinski definition) is 2. The van der Waals surface area contributed by atoms with E-state index in [1.807, 2.05) is 12.1 Å². The lowest BCUT2D eigenvalue weighted by atomic mass is 9.97. The van der Waals surface area contributed by atoms with Gasteiger partial charge < -0.3 is 10.8 Å². The molecule has 14 heavy (non-hydrogen) atoms. The van der Waals surface area contributed by atoms with Gasteiger partial charge in [0.05, 0.1) is 0 Å². The van der Waals surface area contributed by atoms with E-state index in [1.165, 1.54) is 5.56 Å². The lowest BCUT2D eigenvalue weighted by molar-refractivity contribution is 0.276. The van der Waals surface area contributed by atoms with Crippen molar-refractivity contribution in [2.75, 3.05) is 6.61 Å². The molecule has 2 heteroatoms. The second-order valence-electron chi connectivity index (χ2n) is 3.94. The summed E-state index contributed by atoms with van der Waals surface area (Å²) in [5, 5.41) is 8.80. The molecule has 0 amide bonds. The summed E-state index contributed by atoms with van der Waals surface area (Å²) >= 11 is 0. The zero-order chi connectivity index (χ0) is 10.6. The molecule has 1 rings (SSSR count). The van der Waals surface area contributed by atoms with Crippen LogP contribution in [0.2, 0.25) is 0 Å². The molecule has 0 bridgehead atoms. The second kappa shape index (κ2) is 5.13. The first-order chi connectivity index (χ1) is 6.65. The molecule has 0 aliphatic rings. The molecule has 1 aromatic rings. The predicted molar refractivity (Wildman–Crippen MR) is 59.2 cm³/mol. The Hall–Kier alpha value is -0.860. The van der Waals surface area contributed by atoms with E-state index < -0.39 is 0 Å². The minimum absolute atomic E-state index is 0.0429. The summed E-state index contributed by atoms with van der Waals surface area (Å²) < 4.78 is 0. The van der Waals surface area contributed by atoms with Crippen molar-refractivity contribution >= 4 is 0 Å². The molecule has 0 aliphatic heterocycles. The quantitative estimate of drug-likeness (QED) is 0.770. The summed E-state index contributed by atoms with van der Waals surface area (Å²) in [6.07, 6.45) is 0.627. The minimum atomic E-state index is -0.0429. The Bertz CT molecular complexity index is 283. The van der Waals surface area contributed by atoms with Gasteiger partial charge in [0.25, 0.3) is 0 Å². The third-order valence-electron chi connectivity index (χ3n) is 2.45. The number of aliphatic hydroxyl groups excluding tert-OH is 1. The Morgan fingerprint density at radius 1 is 1.29 bits per heavy atom. The van der Waals surface area contributed by atoms with E-state index in [1.54, 1.807) is 0 Å². The number of benzene rings is 1. The molecular formula is C12H19NO. The minimum Gasteiger partial charge on any atom is -0.396 e. The van der Waals surface area contributed by atoms with Crippen molar-refractivity contribution < 1.29 is 5.11 Å². The van der Waals surface area contributed by atoms with Gasteiger partial charge in [0.2, 0.25) is 0 Å². The fraction of sp³-hybridized carbons (Fsp3) is 0.500. The second-order valence-corrected chi connectivity index (χ2v) is 3.94. The molecule has 78 valence electrons. The summed E-state index contributed by atoms with van der Waals surface area (Å²) in [6.45, 7) is 4.47. The Morgan fingerprint density at radius 2 is 1.93 bits per heavy atom. The highest BCUT2D eigenvalue weighted by molar-refractivity contribution is 5.27. The highest BCUT2D eigenvalue weighted by Crippen LogP contribution is 2.20. The Labute approximate surface area is 85.8 Å². The largest absolute Gasteiger partial charge is 0.396 e. The molecular weight excluding hydrogens is 174 g/mol. The van der Waals surface area contributed by atoms with Crippen molar-refractivity contribution in [3.63, 3.8) is 0 Å². The van der Waals surface area contributed by atoms with E-state index in [-0.39, 0.29) is 12.6 Å². The first-order valence-corrected chi connectivity index (χ1v) is 5.11. The van der Waals surface area contributed by atoms with Gasteiger partial charge in [-0.15, -0.1) is 0 Å². The van der Waals surface area contributed by atoms with Gasteiger partial charge in [0, 0.05) is 12.6 Å². The third-order valence-corrected chi connectivity index (χ3v) is 2.45. The van der Waals surface area contributed by atoms with Crippen LogP contribution in [-0.2, 0) is 0 Å². The zero-order valence-corrected chi connectivity index (χ0v) is 8.90. The van der Waals surface area contributed by atoms with Crippen molar-refractivity contribution in [2.24, 2.45) is 5.73 Å². The predicted octanol–water partition coefficient (Wildman–Crippen LogP) is 2.19. The Kier molecular flexibility index (Phi) is 4.11. The van der Waals surface area contributed by atoms with Gasteiger partial charge in [-0.3, -0.25) is 0 Å². The van der Waals surface area contributed by atoms with Crippen molar-refractivity contribution in [1.82, 2.24) is 0 Å². The molecule has 0 heterocycles. The molecule has 0 spiro atoms. The summed E-state index contributed by atoms with van der Waals surface area (Å²) in [5.41, 5.74) is 8.33. The van der Waals surface area contributed by atoms with Gasteiger partial charge in [-0.2, -0.15) is 0 Å². The van der Waals surface area contributed by atoms with Gasteiger partial charge in [0.15, 0.2) is 0 Å². The van der Waals surface area contributed by atoms with Crippen LogP contribution >= 0.6 is 0 Å². The molecule has 1 atom stereocenters. The molecule has 0 saturated heterocycles. The van der Waals surface area contributed by atoms with Gasteiger partial charge >= 0.3 is 0 Å². The smallest absolute Gasteiger partial charge is 0.0449 e. The molecule has 0 saturated carbocycles. The van der Waals surface area contributed by atoms with Crippen LogP contribution in [0.4, 0.5) is 0 Å². The van der Waals surface area contributed by atoms with Gasteiger partial charge in [-0.1, -0.05) is 38.1 Å². The molecule has 2 nitrogen and oxygen atoms in total. The molecule has 0 radical (unpaired) electrons. The van der Waals surface area contributed by atoms with Crippen molar-refractivity contribution in [1.29, 1.82) is 0 Å². The molecule has 3 N–H and O–H groups in total. The Balaban J connectivity index is 2.82. The highest BCUT2D eigenvalue weighted by atomic mass is 16.3. The van der Waals surface area contributed by atoms with E-state index >= 15 is 0 Å². The third kappa shape index (κ3) is 2.82. The normalized spacial score (nSPS) is 13.2. The van der Waals surface area contributed by atoms with Crippen molar-refractivity contribution in [3.05, 3.63) is 35.4 Å². The van der Waals surface area contributed by atoms with E-state index in [2.05, 4.69) is 26.0 Å². The molecule has 1 aromatic carbocycles. The van der Waals surface area contributed by atoms with Gasteiger partial charge in [-0.05, 0) is 23.5 Å². The number of nitrogens with two attached hydrogens (primary N) is 1. The highest BCUT2D eigenvalue weighted by Gasteiger charge is 2.06. The summed E-state index contributed by atoms with van der Waals surface area (Å²) in [6, 6.07) is 8.25. The Morgan fingerprint density at radius 3 is 2.50 bits per heavy atom. The van der Waals surface area contributed by atoms with Crippen LogP contribution in [0.25, 0.3) is 0 Å². The van der Waals surface area contributed by atoms with Crippen LogP contribution in [-0.4, -0.2) is 11.7 Å². The van der Waals surface area contributed by atoms with E-state index in [0.29, 0.717) is 12.3 Å². The number of rotatable bonds is 4. The van der Waals surface area contributed by atoms with Crippen LogP contribution in [0, 0.1) is 0 Å². The van der Waals surface area contributed by atoms with Gasteiger partial charge in [-0.25, -0.2) is 0 Å². The number of aliphatic hydroxyl groups is 1. The molecule has 0 fully saturated rings. The van der Waals surface area contributed by atoms with E-state index in [9.17, 15) is 0 Å². The molecule has 0 aliphatic carbocycles. The van der Waals surface area contributed by atoms with E-state index in [4.69, 9.17) is 10.8 Å². The SMILES string of the molecule is CC(C)c1cccc([C@@H](N)CCO)c1. The lowest BCUT2D eigenvalue weighted by Gasteiger charge is -2.13. The maximum absolute atomic E-state index is 8.80. The van der Waals surface area contributed by atoms with Crippen molar-refractivity contribution in [2.45, 2.75) is 32.2 Å². The standard InChI is InChI=1S/C12H19NO/c1-9(2)10-4-3-5-11(8-10)12(13)6-7-14/h3-5,8-9,12,14H,6-7,13H2,1-2H3/t12-/m0/s1. The number of hydrogen-bond acceptors (Lipinski definition) is 2. The van der Waals surface area contributed by atoms with Crippen LogP contribution < -0.4 is 5.73 Å². The van der Waals surface area contributed by atoms with E-state index in [0.717, 1.165) is 5.56 Å². The summed E-state index contributed by atoms with van der Waals surface area (Å²) in [4.78, 5) is 0. The zero-order valence-electron chi connectivity index (χ0n) is 8.90. The first-order valence-electron chi connectivity index (χ1n) is 5.11. The summed E-state index contributed by atoms with van der Waals surface area (Å²) in [5.74, 6) is 0.524. The summed E-state index contributed by atoms with van der Waals surface area (Å²) in [7, 11) is 0. The fourth-order valence-electron chi connectivity index (χ4n) is 1.45. The fourth-order valence-corrected chi connectivity index (χ4v) is 1.45. The van der Waals surface area contributed by atoms with Gasteiger partial charge in [0.1, 0.15) is 0 Å². The first kappa shape index (κ1) is 11.2. The lowest BCUT2D eigenvalue weighted by Crippen LogP contribution is -2.12. The monoisotopic (exact) mass is 193 g/mol. The van der Waals surface area contributed by atoms with Crippen LogP contribution in [0.15, 0.2) is 24.3 Å². The average Bonchev–Trinajstić information content (AvgIpc) is 2.18. The van der Waals surface area contributed by atoms with Crippen LogP contribution in [0.3, 0.4) is 0 Å². The van der Waals surface area contributed by atoms with Crippen LogP contribution in [0.1, 0.15) is 43.4 Å². The topological polar surface area (TPSA) is 46.2 Å². The molecule has 0 unspecified atom stereocenters. The maximum atomic E-state index is 8.80. The van der Waals surface area contributed by atoms with Crippen molar-refractivity contribution in [3.8, 4) is 0 Å². The maximum Gasteiger partial charge on any atom is 0.0449 e. The molecule has 0 aromatic heterocycles. The van der Waals surface area contributed by atoms with Crippen LogP contribution in [0.5, 0.6) is 0 Å². The average molecular weight is 193 g/mol.